The van der Waals surface area contributed by atoms with Crippen molar-refractivity contribution in [3.63, 3.8) is 0 Å². The molecule has 0 saturated carbocycles. The van der Waals surface area contributed by atoms with Crippen LogP contribution in [0.15, 0.2) is 0 Å². The molecule has 0 heterocycles. The maximum Gasteiger partial charge on any atom is 0.472 e. The Bertz CT molecular complexity index is 1750. The molecule has 5 atom stereocenters. The van der Waals surface area contributed by atoms with Gasteiger partial charge in [0.25, 0.3) is 0 Å². The molecule has 19 heteroatoms. The molecule has 0 bridgehead atoms. The van der Waals surface area contributed by atoms with Crippen molar-refractivity contribution in [1.29, 1.82) is 0 Å². The number of carbonyl (C=O) groups is 4. The first kappa shape index (κ1) is 89.1. The summed E-state index contributed by atoms with van der Waals surface area (Å²) in [6.45, 7) is 7.27. The third kappa shape index (κ3) is 66.5. The molecule has 0 aromatic rings. The van der Waals surface area contributed by atoms with E-state index in [0.29, 0.717) is 25.7 Å². The first-order chi connectivity index (χ1) is 44.0. The fourth-order valence-corrected chi connectivity index (χ4v) is 12.6. The Balaban J connectivity index is 5.25. The number of aliphatic hydroxyl groups excluding tert-OH is 1. The summed E-state index contributed by atoms with van der Waals surface area (Å²) in [7, 11) is -9.90. The number of rotatable bonds is 72. The molecular formula is C72H140O17P2. The summed E-state index contributed by atoms with van der Waals surface area (Å²) in [6, 6.07) is 0. The third-order valence-corrected chi connectivity index (χ3v) is 18.7. The van der Waals surface area contributed by atoms with E-state index in [4.69, 9.17) is 37.0 Å². The summed E-state index contributed by atoms with van der Waals surface area (Å²) in [5, 5.41) is 10.6. The molecule has 0 radical (unpaired) electrons. The minimum absolute atomic E-state index is 0.108. The summed E-state index contributed by atoms with van der Waals surface area (Å²) in [5.41, 5.74) is 0. The maximum atomic E-state index is 13.0. The Morgan fingerprint density at radius 2 is 0.505 bits per heavy atom. The maximum absolute atomic E-state index is 13.0. The van der Waals surface area contributed by atoms with E-state index >= 15 is 0 Å². The zero-order chi connectivity index (χ0) is 67.0. The van der Waals surface area contributed by atoms with Crippen molar-refractivity contribution in [3.05, 3.63) is 0 Å². The minimum Gasteiger partial charge on any atom is -0.462 e. The van der Waals surface area contributed by atoms with Gasteiger partial charge in [0.15, 0.2) is 12.2 Å². The zero-order valence-electron chi connectivity index (χ0n) is 59.0. The van der Waals surface area contributed by atoms with Crippen molar-refractivity contribution in [2.45, 2.75) is 393 Å². The summed E-state index contributed by atoms with van der Waals surface area (Å²) >= 11 is 0. The molecule has 540 valence electrons. The van der Waals surface area contributed by atoms with Crippen molar-refractivity contribution >= 4 is 39.5 Å². The van der Waals surface area contributed by atoms with Crippen LogP contribution in [0.1, 0.15) is 375 Å². The monoisotopic (exact) mass is 1340 g/mol. The molecule has 2 unspecified atom stereocenters. The number of unbranched alkanes of at least 4 members (excludes halogenated alkanes) is 44. The molecule has 0 aliphatic rings. The molecule has 0 saturated heterocycles. The van der Waals surface area contributed by atoms with E-state index in [-0.39, 0.29) is 25.7 Å². The lowest BCUT2D eigenvalue weighted by Gasteiger charge is -2.21. The van der Waals surface area contributed by atoms with Crippen LogP contribution in [0, 0.1) is 5.92 Å². The molecule has 3 N–H and O–H groups in total. The minimum atomic E-state index is -4.95. The van der Waals surface area contributed by atoms with Crippen LogP contribution >= 0.6 is 15.6 Å². The first-order valence-electron chi connectivity index (χ1n) is 37.6. The normalized spacial score (nSPS) is 14.0. The largest absolute Gasteiger partial charge is 0.472 e. The standard InChI is InChI=1S/C72H140O17P2/c1-6-9-12-15-18-21-24-26-27-32-36-41-46-51-56-70(75)83-62-68(89-72(77)58-53-48-43-38-33-29-28-30-34-39-44-49-54-65(4)5)64-87-91(80,81)85-60-66(73)59-84-90(78,79)86-63-67(61-82-69(74)55-50-45-40-35-23-20-17-14-11-8-3)88-71(76)57-52-47-42-37-31-25-22-19-16-13-10-7-2/h65-68,73H,6-64H2,1-5H3,(H,78,79)(H,80,81)/t66-,67+,68+/m0/s1. The van der Waals surface area contributed by atoms with Crippen LogP contribution in [-0.2, 0) is 65.4 Å². The Morgan fingerprint density at radius 1 is 0.297 bits per heavy atom. The summed E-state index contributed by atoms with van der Waals surface area (Å²) in [4.78, 5) is 72.6. The van der Waals surface area contributed by atoms with E-state index in [1.54, 1.807) is 0 Å². The quantitative estimate of drug-likeness (QED) is 0.0222. The molecule has 0 aromatic heterocycles. The van der Waals surface area contributed by atoms with Crippen LogP contribution < -0.4 is 0 Å². The zero-order valence-corrected chi connectivity index (χ0v) is 60.8. The van der Waals surface area contributed by atoms with Gasteiger partial charge in [-0.25, -0.2) is 9.13 Å². The second-order valence-electron chi connectivity index (χ2n) is 26.5. The molecule has 0 spiro atoms. The molecule has 0 aromatic carbocycles. The number of carbonyl (C=O) groups excluding carboxylic acids is 4. The van der Waals surface area contributed by atoms with Gasteiger partial charge in [0, 0.05) is 25.7 Å². The number of ether oxygens (including phenoxy) is 4. The van der Waals surface area contributed by atoms with Crippen LogP contribution in [0.3, 0.4) is 0 Å². The van der Waals surface area contributed by atoms with Gasteiger partial charge in [-0.05, 0) is 31.6 Å². The van der Waals surface area contributed by atoms with Gasteiger partial charge in [-0.2, -0.15) is 0 Å². The highest BCUT2D eigenvalue weighted by molar-refractivity contribution is 7.47. The molecular weight excluding hydrogens is 1200 g/mol. The lowest BCUT2D eigenvalue weighted by atomic mass is 10.0. The van der Waals surface area contributed by atoms with Crippen molar-refractivity contribution in [1.82, 2.24) is 0 Å². The number of hydrogen-bond acceptors (Lipinski definition) is 15. The van der Waals surface area contributed by atoms with Crippen LogP contribution in [0.2, 0.25) is 0 Å². The van der Waals surface area contributed by atoms with Crippen molar-refractivity contribution in [3.8, 4) is 0 Å². The average Bonchev–Trinajstić information content (AvgIpc) is 2.97. The lowest BCUT2D eigenvalue weighted by molar-refractivity contribution is -0.161. The molecule has 0 fully saturated rings. The van der Waals surface area contributed by atoms with Crippen molar-refractivity contribution in [2.24, 2.45) is 5.92 Å². The van der Waals surface area contributed by atoms with Gasteiger partial charge in [-0.3, -0.25) is 37.3 Å². The highest BCUT2D eigenvalue weighted by atomic mass is 31.2. The van der Waals surface area contributed by atoms with E-state index in [9.17, 15) is 43.2 Å². The van der Waals surface area contributed by atoms with Gasteiger partial charge < -0.3 is 33.8 Å². The molecule has 0 aliphatic carbocycles. The summed E-state index contributed by atoms with van der Waals surface area (Å²) in [6.07, 6.45) is 52.5. The molecule has 0 amide bonds. The Morgan fingerprint density at radius 3 is 0.747 bits per heavy atom. The molecule has 0 aliphatic heterocycles. The SMILES string of the molecule is CCCCCCCCCCCCCCCCC(=O)OC[C@H](COP(=O)(O)OC[C@@H](O)COP(=O)(O)OC[C@@H](COC(=O)CCCCCCCCCCCC)OC(=O)CCCCCCCCCCCCCC)OC(=O)CCCCCCCCCCCCCCC(C)C. The average molecular weight is 1340 g/mol. The predicted molar refractivity (Wildman–Crippen MR) is 368 cm³/mol. The Labute approximate surface area is 556 Å². The van der Waals surface area contributed by atoms with Crippen LogP contribution in [-0.4, -0.2) is 96.7 Å². The van der Waals surface area contributed by atoms with E-state index in [2.05, 4.69) is 34.6 Å². The molecule has 0 rings (SSSR count). The predicted octanol–water partition coefficient (Wildman–Crippen LogP) is 20.9. The van der Waals surface area contributed by atoms with Gasteiger partial charge in [0.1, 0.15) is 19.3 Å². The fourth-order valence-electron chi connectivity index (χ4n) is 11.0. The van der Waals surface area contributed by atoms with Gasteiger partial charge in [0.2, 0.25) is 0 Å². The van der Waals surface area contributed by atoms with Crippen LogP contribution in [0.5, 0.6) is 0 Å². The fraction of sp³-hybridized carbons (Fsp3) is 0.944. The smallest absolute Gasteiger partial charge is 0.462 e. The summed E-state index contributed by atoms with van der Waals surface area (Å²) in [5.74, 6) is -1.34. The van der Waals surface area contributed by atoms with Gasteiger partial charge in [0.05, 0.1) is 26.4 Å². The van der Waals surface area contributed by atoms with Gasteiger partial charge >= 0.3 is 39.5 Å². The Kier molecular flexibility index (Phi) is 64.0. The Hall–Kier alpha value is -1.94. The van der Waals surface area contributed by atoms with E-state index in [1.165, 1.54) is 199 Å². The highest BCUT2D eigenvalue weighted by Crippen LogP contribution is 2.45. The van der Waals surface area contributed by atoms with Crippen molar-refractivity contribution in [2.75, 3.05) is 39.6 Å². The molecule has 91 heavy (non-hydrogen) atoms. The lowest BCUT2D eigenvalue weighted by Crippen LogP contribution is -2.30. The number of aliphatic hydroxyl groups is 1. The topological polar surface area (TPSA) is 237 Å². The number of hydrogen-bond donors (Lipinski definition) is 3. The molecule has 17 nitrogen and oxygen atoms in total. The third-order valence-electron chi connectivity index (χ3n) is 16.8. The van der Waals surface area contributed by atoms with E-state index in [1.807, 2.05) is 0 Å². The van der Waals surface area contributed by atoms with Gasteiger partial charge in [-0.15, -0.1) is 0 Å². The summed E-state index contributed by atoms with van der Waals surface area (Å²) < 4.78 is 68.4. The number of phosphoric acid groups is 2. The van der Waals surface area contributed by atoms with Gasteiger partial charge in [-0.1, -0.05) is 324 Å². The second kappa shape index (κ2) is 65.4. The van der Waals surface area contributed by atoms with Crippen LogP contribution in [0.4, 0.5) is 0 Å². The first-order valence-corrected chi connectivity index (χ1v) is 40.6. The van der Waals surface area contributed by atoms with Crippen molar-refractivity contribution < 1.29 is 80.2 Å². The highest BCUT2D eigenvalue weighted by Gasteiger charge is 2.30. The second-order valence-corrected chi connectivity index (χ2v) is 29.4. The van der Waals surface area contributed by atoms with E-state index < -0.39 is 97.5 Å². The van der Waals surface area contributed by atoms with E-state index in [0.717, 1.165) is 95.8 Å². The number of esters is 4. The van der Waals surface area contributed by atoms with Crippen LogP contribution in [0.25, 0.3) is 0 Å². The number of phosphoric ester groups is 2.